The maximum Gasteiger partial charge on any atom is 0.257 e. The van der Waals surface area contributed by atoms with E-state index < -0.39 is 0 Å². The maximum absolute atomic E-state index is 11.8. The lowest BCUT2D eigenvalue weighted by Crippen LogP contribution is -2.34. The molecule has 0 unspecified atom stereocenters. The van der Waals surface area contributed by atoms with E-state index in [9.17, 15) is 4.79 Å². The Hall–Kier alpha value is -1.36. The SMILES string of the molecule is CN1CCc2nc(N(C)C)[nH]c(=O)c2C1. The first-order valence-electron chi connectivity index (χ1n) is 5.06. The van der Waals surface area contributed by atoms with Gasteiger partial charge in [0.15, 0.2) is 0 Å². The van der Waals surface area contributed by atoms with Crippen molar-refractivity contribution in [2.75, 3.05) is 32.6 Å². The number of hydrogen-bond acceptors (Lipinski definition) is 4. The number of aromatic nitrogens is 2. The molecule has 5 heteroatoms. The zero-order chi connectivity index (χ0) is 11.0. The zero-order valence-corrected chi connectivity index (χ0v) is 9.37. The first kappa shape index (κ1) is 10.2. The van der Waals surface area contributed by atoms with Crippen molar-refractivity contribution in [2.45, 2.75) is 13.0 Å². The van der Waals surface area contributed by atoms with Gasteiger partial charge in [-0.25, -0.2) is 4.98 Å². The normalized spacial score (nSPS) is 16.2. The number of nitrogens with zero attached hydrogens (tertiary/aromatic N) is 3. The fourth-order valence-corrected chi connectivity index (χ4v) is 1.76. The van der Waals surface area contributed by atoms with Crippen LogP contribution in [-0.4, -0.2) is 42.6 Å². The van der Waals surface area contributed by atoms with Crippen LogP contribution in [0.25, 0.3) is 0 Å². The van der Waals surface area contributed by atoms with Crippen molar-refractivity contribution in [3.63, 3.8) is 0 Å². The zero-order valence-electron chi connectivity index (χ0n) is 9.37. The van der Waals surface area contributed by atoms with Gasteiger partial charge in [-0.15, -0.1) is 0 Å². The van der Waals surface area contributed by atoms with Gasteiger partial charge in [-0.2, -0.15) is 0 Å². The van der Waals surface area contributed by atoms with Gasteiger partial charge >= 0.3 is 0 Å². The number of anilines is 1. The van der Waals surface area contributed by atoms with E-state index in [-0.39, 0.29) is 5.56 Å². The minimum absolute atomic E-state index is 0.00440. The second-order valence-corrected chi connectivity index (χ2v) is 4.20. The molecule has 1 N–H and O–H groups in total. The lowest BCUT2D eigenvalue weighted by atomic mass is 10.1. The monoisotopic (exact) mass is 208 g/mol. The van der Waals surface area contributed by atoms with E-state index in [0.29, 0.717) is 12.5 Å². The number of rotatable bonds is 1. The lowest BCUT2D eigenvalue weighted by molar-refractivity contribution is 0.307. The number of nitrogens with one attached hydrogen (secondary N) is 1. The third kappa shape index (κ3) is 1.87. The van der Waals surface area contributed by atoms with Gasteiger partial charge in [0.2, 0.25) is 5.95 Å². The predicted molar refractivity (Wildman–Crippen MR) is 59.2 cm³/mol. The van der Waals surface area contributed by atoms with E-state index in [0.717, 1.165) is 24.2 Å². The van der Waals surface area contributed by atoms with Crippen LogP contribution in [-0.2, 0) is 13.0 Å². The standard InChI is InChI=1S/C10H16N4O/c1-13(2)10-11-8-4-5-14(3)6-7(8)9(15)12-10/h4-6H2,1-3H3,(H,11,12,15). The number of hydrogen-bond donors (Lipinski definition) is 1. The molecule has 1 aromatic rings. The molecule has 82 valence electrons. The van der Waals surface area contributed by atoms with Crippen LogP contribution < -0.4 is 10.5 Å². The quantitative estimate of drug-likeness (QED) is 0.696. The van der Waals surface area contributed by atoms with Crippen LogP contribution in [0.15, 0.2) is 4.79 Å². The molecule has 0 amide bonds. The Morgan fingerprint density at radius 2 is 2.20 bits per heavy atom. The highest BCUT2D eigenvalue weighted by atomic mass is 16.1. The van der Waals surface area contributed by atoms with E-state index >= 15 is 0 Å². The Labute approximate surface area is 88.7 Å². The van der Waals surface area contributed by atoms with Gasteiger partial charge in [0, 0.05) is 33.6 Å². The Morgan fingerprint density at radius 1 is 1.47 bits per heavy atom. The molecule has 0 aliphatic carbocycles. The lowest BCUT2D eigenvalue weighted by Gasteiger charge is -2.24. The molecule has 0 spiro atoms. The minimum Gasteiger partial charge on any atom is -0.348 e. The summed E-state index contributed by atoms with van der Waals surface area (Å²) in [5.74, 6) is 0.642. The Balaban J connectivity index is 2.48. The van der Waals surface area contributed by atoms with E-state index in [1.165, 1.54) is 0 Å². The Morgan fingerprint density at radius 3 is 2.87 bits per heavy atom. The number of aromatic amines is 1. The smallest absolute Gasteiger partial charge is 0.257 e. The summed E-state index contributed by atoms with van der Waals surface area (Å²) in [6, 6.07) is 0. The topological polar surface area (TPSA) is 52.2 Å². The van der Waals surface area contributed by atoms with E-state index in [2.05, 4.69) is 14.9 Å². The van der Waals surface area contributed by atoms with Crippen LogP contribution in [0.1, 0.15) is 11.3 Å². The molecule has 5 nitrogen and oxygen atoms in total. The van der Waals surface area contributed by atoms with Gasteiger partial charge in [0.05, 0.1) is 11.3 Å². The molecule has 0 saturated heterocycles. The fraction of sp³-hybridized carbons (Fsp3) is 0.600. The first-order valence-corrected chi connectivity index (χ1v) is 5.06. The van der Waals surface area contributed by atoms with E-state index in [1.807, 2.05) is 26.0 Å². The minimum atomic E-state index is -0.00440. The molecule has 0 fully saturated rings. The summed E-state index contributed by atoms with van der Waals surface area (Å²) in [5.41, 5.74) is 1.75. The highest BCUT2D eigenvalue weighted by Gasteiger charge is 2.18. The van der Waals surface area contributed by atoms with Crippen LogP contribution in [0.5, 0.6) is 0 Å². The van der Waals surface area contributed by atoms with Crippen LogP contribution in [0, 0.1) is 0 Å². The summed E-state index contributed by atoms with van der Waals surface area (Å²) in [7, 11) is 5.77. The van der Waals surface area contributed by atoms with Gasteiger partial charge in [0.25, 0.3) is 5.56 Å². The van der Waals surface area contributed by atoms with Crippen molar-refractivity contribution >= 4 is 5.95 Å². The molecule has 15 heavy (non-hydrogen) atoms. The molecular weight excluding hydrogens is 192 g/mol. The van der Waals surface area contributed by atoms with Crippen LogP contribution in [0.4, 0.5) is 5.95 Å². The number of likely N-dealkylation sites (N-methyl/N-ethyl adjacent to an activating group) is 1. The van der Waals surface area contributed by atoms with Crippen molar-refractivity contribution in [2.24, 2.45) is 0 Å². The molecule has 2 rings (SSSR count). The Kier molecular flexibility index (Phi) is 2.48. The van der Waals surface area contributed by atoms with E-state index in [1.54, 1.807) is 0 Å². The summed E-state index contributed by atoms with van der Waals surface area (Å²) in [6.45, 7) is 1.67. The van der Waals surface area contributed by atoms with Crippen molar-refractivity contribution in [3.8, 4) is 0 Å². The summed E-state index contributed by atoms with van der Waals surface area (Å²) in [5, 5.41) is 0. The van der Waals surface area contributed by atoms with Gasteiger partial charge < -0.3 is 9.80 Å². The second kappa shape index (κ2) is 3.66. The summed E-state index contributed by atoms with van der Waals surface area (Å²) in [4.78, 5) is 23.0. The summed E-state index contributed by atoms with van der Waals surface area (Å²) in [6.07, 6.45) is 0.858. The van der Waals surface area contributed by atoms with Gasteiger partial charge in [-0.05, 0) is 7.05 Å². The summed E-state index contributed by atoms with van der Waals surface area (Å²) < 4.78 is 0. The molecule has 1 aliphatic heterocycles. The molecule has 1 aliphatic rings. The second-order valence-electron chi connectivity index (χ2n) is 4.20. The van der Waals surface area contributed by atoms with Crippen molar-refractivity contribution in [3.05, 3.63) is 21.6 Å². The molecule has 0 saturated carbocycles. The van der Waals surface area contributed by atoms with Crippen molar-refractivity contribution in [1.29, 1.82) is 0 Å². The fourth-order valence-electron chi connectivity index (χ4n) is 1.76. The van der Waals surface area contributed by atoms with Crippen LogP contribution in [0.2, 0.25) is 0 Å². The highest BCUT2D eigenvalue weighted by Crippen LogP contribution is 2.13. The average molecular weight is 208 g/mol. The number of fused-ring (bicyclic) bond motifs is 1. The molecule has 1 aromatic heterocycles. The van der Waals surface area contributed by atoms with Crippen LogP contribution >= 0.6 is 0 Å². The average Bonchev–Trinajstić information content (AvgIpc) is 2.18. The third-order valence-corrected chi connectivity index (χ3v) is 2.67. The maximum atomic E-state index is 11.8. The Bertz CT molecular complexity index is 424. The van der Waals surface area contributed by atoms with Crippen molar-refractivity contribution < 1.29 is 0 Å². The van der Waals surface area contributed by atoms with Gasteiger partial charge in [-0.1, -0.05) is 0 Å². The van der Waals surface area contributed by atoms with Gasteiger partial charge in [-0.3, -0.25) is 9.78 Å². The molecule has 0 atom stereocenters. The van der Waals surface area contributed by atoms with Crippen LogP contribution in [0.3, 0.4) is 0 Å². The molecule has 0 aromatic carbocycles. The largest absolute Gasteiger partial charge is 0.348 e. The molecule has 2 heterocycles. The first-order chi connectivity index (χ1) is 7.08. The third-order valence-electron chi connectivity index (χ3n) is 2.67. The predicted octanol–water partition coefficient (Wildman–Crippen LogP) is -0.176. The molecule has 0 bridgehead atoms. The molecular formula is C10H16N4O. The molecule has 0 radical (unpaired) electrons. The summed E-state index contributed by atoms with van der Waals surface area (Å²) >= 11 is 0. The van der Waals surface area contributed by atoms with Gasteiger partial charge in [0.1, 0.15) is 0 Å². The number of H-pyrrole nitrogens is 1. The van der Waals surface area contributed by atoms with Crippen molar-refractivity contribution in [1.82, 2.24) is 14.9 Å². The van der Waals surface area contributed by atoms with E-state index in [4.69, 9.17) is 0 Å². The highest BCUT2D eigenvalue weighted by molar-refractivity contribution is 5.32.